The fraction of sp³-hybridized carbons (Fsp3) is 0.429. The lowest BCUT2D eigenvalue weighted by Gasteiger charge is -2.32. The van der Waals surface area contributed by atoms with Crippen LogP contribution in [-0.4, -0.2) is 53.1 Å². The van der Waals surface area contributed by atoms with Crippen LogP contribution >= 0.6 is 0 Å². The lowest BCUT2D eigenvalue weighted by Crippen LogP contribution is -2.50. The minimum absolute atomic E-state index is 0.738. The first-order valence-electron chi connectivity index (χ1n) is 6.69. The number of fused-ring (bicyclic) bond motifs is 1. The van der Waals surface area contributed by atoms with Gasteiger partial charge >= 0.3 is 0 Å². The van der Waals surface area contributed by atoms with Gasteiger partial charge in [0.25, 0.3) is 0 Å². The van der Waals surface area contributed by atoms with Gasteiger partial charge in [-0.15, -0.1) is 0 Å². The second-order valence-corrected chi connectivity index (χ2v) is 4.98. The van der Waals surface area contributed by atoms with E-state index < -0.39 is 0 Å². The van der Waals surface area contributed by atoms with Gasteiger partial charge in [0.2, 0.25) is 0 Å². The molecule has 1 aliphatic heterocycles. The van der Waals surface area contributed by atoms with E-state index >= 15 is 0 Å². The third kappa shape index (κ3) is 3.07. The molecular formula is C14H19N5. The summed E-state index contributed by atoms with van der Waals surface area (Å²) < 4.78 is 0. The number of hydrogen-bond donors (Lipinski definition) is 1. The largest absolute Gasteiger partial charge is 0.304 e. The molecule has 0 atom stereocenters. The molecule has 1 aromatic heterocycles. The smallest absolute Gasteiger partial charge is 0.0890 e. The van der Waals surface area contributed by atoms with Gasteiger partial charge in [-0.3, -0.25) is 4.98 Å². The lowest BCUT2D eigenvalue weighted by molar-refractivity contribution is 0.101. The molecule has 3 rings (SSSR count). The molecule has 5 heteroatoms. The van der Waals surface area contributed by atoms with Crippen molar-refractivity contribution >= 4 is 11.0 Å². The second kappa shape index (κ2) is 5.61. The van der Waals surface area contributed by atoms with E-state index in [-0.39, 0.29) is 0 Å². The number of piperazine rings is 1. The first-order chi connectivity index (χ1) is 9.31. The number of rotatable bonds is 3. The van der Waals surface area contributed by atoms with Crippen molar-refractivity contribution < 1.29 is 0 Å². The minimum atomic E-state index is 0.738. The van der Waals surface area contributed by atoms with E-state index in [2.05, 4.69) is 32.4 Å². The van der Waals surface area contributed by atoms with Gasteiger partial charge in [-0.25, -0.2) is 15.4 Å². The molecule has 0 bridgehead atoms. The number of likely N-dealkylation sites (N-methyl/N-ethyl adjacent to an activating group) is 1. The van der Waals surface area contributed by atoms with Crippen LogP contribution in [-0.2, 0) is 6.54 Å². The molecule has 0 radical (unpaired) electrons. The highest BCUT2D eigenvalue weighted by Crippen LogP contribution is 2.08. The zero-order chi connectivity index (χ0) is 13.1. The summed E-state index contributed by atoms with van der Waals surface area (Å²) in [5.41, 5.74) is 6.32. The second-order valence-electron chi connectivity index (χ2n) is 4.98. The van der Waals surface area contributed by atoms with Crippen molar-refractivity contribution in [2.45, 2.75) is 6.54 Å². The summed E-state index contributed by atoms with van der Waals surface area (Å²) >= 11 is 0. The molecule has 1 saturated heterocycles. The molecule has 2 aromatic rings. The predicted octanol–water partition coefficient (Wildman–Crippen LogP) is 0.882. The fourth-order valence-corrected chi connectivity index (χ4v) is 2.24. The van der Waals surface area contributed by atoms with Crippen LogP contribution in [0.1, 0.15) is 5.69 Å². The quantitative estimate of drug-likeness (QED) is 0.884. The monoisotopic (exact) mass is 257 g/mol. The highest BCUT2D eigenvalue weighted by Gasteiger charge is 2.13. The number of nitrogens with zero attached hydrogens (tertiary/aromatic N) is 4. The third-order valence-electron chi connectivity index (χ3n) is 3.49. The van der Waals surface area contributed by atoms with Crippen molar-refractivity contribution in [3.63, 3.8) is 0 Å². The van der Waals surface area contributed by atoms with Gasteiger partial charge in [0.05, 0.1) is 29.5 Å². The van der Waals surface area contributed by atoms with Gasteiger partial charge in [0.1, 0.15) is 0 Å². The SMILES string of the molecule is CN1CCN(NCc2cnc3ccccc3n2)CC1. The van der Waals surface area contributed by atoms with E-state index in [1.54, 1.807) is 0 Å². The van der Waals surface area contributed by atoms with E-state index in [1.807, 2.05) is 30.5 Å². The van der Waals surface area contributed by atoms with Gasteiger partial charge in [0, 0.05) is 26.2 Å². The number of nitrogens with one attached hydrogen (secondary N) is 1. The van der Waals surface area contributed by atoms with E-state index in [1.165, 1.54) is 0 Å². The Bertz CT molecular complexity index is 548. The molecule has 2 heterocycles. The molecule has 100 valence electrons. The van der Waals surface area contributed by atoms with Crippen LogP contribution in [0.2, 0.25) is 0 Å². The maximum absolute atomic E-state index is 4.61. The maximum atomic E-state index is 4.61. The molecule has 0 aliphatic carbocycles. The maximum Gasteiger partial charge on any atom is 0.0890 e. The number of hydrazine groups is 1. The Morgan fingerprint density at radius 1 is 1.11 bits per heavy atom. The number of hydrogen-bond acceptors (Lipinski definition) is 5. The molecule has 19 heavy (non-hydrogen) atoms. The summed E-state index contributed by atoms with van der Waals surface area (Å²) in [6.07, 6.45) is 1.85. The standard InChI is InChI=1S/C14H19N5/c1-18-6-8-19(9-7-18)16-11-12-10-15-13-4-2-3-5-14(13)17-12/h2-5,10,16H,6-9,11H2,1H3. The van der Waals surface area contributed by atoms with Crippen LogP contribution in [0.4, 0.5) is 0 Å². The van der Waals surface area contributed by atoms with Crippen LogP contribution in [0.3, 0.4) is 0 Å². The number of benzene rings is 1. The fourth-order valence-electron chi connectivity index (χ4n) is 2.24. The average molecular weight is 257 g/mol. The van der Waals surface area contributed by atoms with Crippen LogP contribution in [0.25, 0.3) is 11.0 Å². The van der Waals surface area contributed by atoms with Crippen molar-refractivity contribution in [1.29, 1.82) is 0 Å². The Hall–Kier alpha value is -1.56. The Kier molecular flexibility index (Phi) is 3.68. The molecule has 5 nitrogen and oxygen atoms in total. The predicted molar refractivity (Wildman–Crippen MR) is 75.4 cm³/mol. The van der Waals surface area contributed by atoms with Crippen molar-refractivity contribution in [2.24, 2.45) is 0 Å². The summed E-state index contributed by atoms with van der Waals surface area (Å²) in [5.74, 6) is 0. The Balaban J connectivity index is 1.62. The van der Waals surface area contributed by atoms with Gasteiger partial charge in [0.15, 0.2) is 0 Å². The lowest BCUT2D eigenvalue weighted by atomic mass is 10.3. The third-order valence-corrected chi connectivity index (χ3v) is 3.49. The molecular weight excluding hydrogens is 238 g/mol. The first kappa shape index (κ1) is 12.5. The van der Waals surface area contributed by atoms with Crippen molar-refractivity contribution in [1.82, 2.24) is 25.3 Å². The van der Waals surface area contributed by atoms with Crippen LogP contribution in [0.5, 0.6) is 0 Å². The Morgan fingerprint density at radius 3 is 2.63 bits per heavy atom. The van der Waals surface area contributed by atoms with E-state index in [4.69, 9.17) is 0 Å². The summed E-state index contributed by atoms with van der Waals surface area (Å²) in [4.78, 5) is 11.4. The topological polar surface area (TPSA) is 44.3 Å². The van der Waals surface area contributed by atoms with Crippen LogP contribution in [0, 0.1) is 0 Å². The molecule has 0 unspecified atom stereocenters. The molecule has 1 aliphatic rings. The van der Waals surface area contributed by atoms with Crippen molar-refractivity contribution in [3.05, 3.63) is 36.2 Å². The van der Waals surface area contributed by atoms with E-state index in [0.717, 1.165) is 49.5 Å². The van der Waals surface area contributed by atoms with Crippen molar-refractivity contribution in [3.8, 4) is 0 Å². The number of para-hydroxylation sites is 2. The highest BCUT2D eigenvalue weighted by molar-refractivity contribution is 5.73. The molecule has 0 saturated carbocycles. The van der Waals surface area contributed by atoms with Gasteiger partial charge in [-0.05, 0) is 19.2 Å². The van der Waals surface area contributed by atoms with Gasteiger partial charge in [-0.1, -0.05) is 12.1 Å². The zero-order valence-electron chi connectivity index (χ0n) is 11.2. The van der Waals surface area contributed by atoms with Crippen LogP contribution < -0.4 is 5.43 Å². The molecule has 1 fully saturated rings. The summed E-state index contributed by atoms with van der Waals surface area (Å²) in [6, 6.07) is 7.97. The van der Waals surface area contributed by atoms with Gasteiger partial charge < -0.3 is 4.90 Å². The summed E-state index contributed by atoms with van der Waals surface area (Å²) in [5, 5.41) is 2.26. The summed E-state index contributed by atoms with van der Waals surface area (Å²) in [6.45, 7) is 5.06. The minimum Gasteiger partial charge on any atom is -0.304 e. The number of aromatic nitrogens is 2. The molecule has 0 amide bonds. The van der Waals surface area contributed by atoms with E-state index in [9.17, 15) is 0 Å². The van der Waals surface area contributed by atoms with Gasteiger partial charge in [-0.2, -0.15) is 0 Å². The van der Waals surface area contributed by atoms with Crippen molar-refractivity contribution in [2.75, 3.05) is 33.2 Å². The molecule has 0 spiro atoms. The highest BCUT2D eigenvalue weighted by atomic mass is 15.5. The molecule has 1 aromatic carbocycles. The normalized spacial score (nSPS) is 17.9. The van der Waals surface area contributed by atoms with Crippen LogP contribution in [0.15, 0.2) is 30.5 Å². The zero-order valence-corrected chi connectivity index (χ0v) is 11.2. The summed E-state index contributed by atoms with van der Waals surface area (Å²) in [7, 11) is 2.16. The average Bonchev–Trinajstić information content (AvgIpc) is 2.46. The first-order valence-corrected chi connectivity index (χ1v) is 6.69. The molecule has 1 N–H and O–H groups in total. The Morgan fingerprint density at radius 2 is 1.84 bits per heavy atom. The Labute approximate surface area is 113 Å². The van der Waals surface area contributed by atoms with E-state index in [0.29, 0.717) is 0 Å².